The molecule has 0 amide bonds. The van der Waals surface area contributed by atoms with Gasteiger partial charge in [0.05, 0.1) is 0 Å². The minimum Gasteiger partial charge on any atom is -0.344 e. The molecule has 0 aromatic carbocycles. The van der Waals surface area contributed by atoms with Gasteiger partial charge in [-0.1, -0.05) is 11.3 Å². The highest BCUT2D eigenvalue weighted by molar-refractivity contribution is 7.11. The number of hydrogen-bond donors (Lipinski definition) is 1. The van der Waals surface area contributed by atoms with E-state index in [1.165, 1.54) is 11.3 Å². The normalized spacial score (nSPS) is 15.2. The maximum absolute atomic E-state index is 4.14. The Morgan fingerprint density at radius 1 is 1.33 bits per heavy atom. The van der Waals surface area contributed by atoms with Crippen molar-refractivity contribution in [2.45, 2.75) is 0 Å². The summed E-state index contributed by atoms with van der Waals surface area (Å²) in [6.45, 7) is 0. The fourth-order valence-corrected chi connectivity index (χ4v) is 1.29. The summed E-state index contributed by atoms with van der Waals surface area (Å²) in [7, 11) is 0. The minimum atomic E-state index is 0.738. The predicted molar refractivity (Wildman–Crippen MR) is 47.9 cm³/mol. The van der Waals surface area contributed by atoms with Crippen molar-refractivity contribution in [1.29, 1.82) is 0 Å². The monoisotopic (exact) mass is 178 g/mol. The molecule has 0 radical (unpaired) electrons. The van der Waals surface area contributed by atoms with Crippen LogP contribution in [0.5, 0.6) is 0 Å². The van der Waals surface area contributed by atoms with Crippen LogP contribution in [0.2, 0.25) is 0 Å². The molecule has 0 unspecified atom stereocenters. The first-order chi connectivity index (χ1) is 5.97. The van der Waals surface area contributed by atoms with Crippen molar-refractivity contribution in [2.75, 3.05) is 0 Å². The summed E-state index contributed by atoms with van der Waals surface area (Å²) in [5, 5.41) is 11.4. The Morgan fingerprint density at radius 3 is 3.17 bits per heavy atom. The van der Waals surface area contributed by atoms with Crippen LogP contribution in [0.4, 0.5) is 0 Å². The van der Waals surface area contributed by atoms with Gasteiger partial charge < -0.3 is 5.32 Å². The zero-order chi connectivity index (χ0) is 8.23. The molecular weight excluding hydrogens is 172 g/mol. The molecule has 0 bridgehead atoms. The fourth-order valence-electron chi connectivity index (χ4n) is 0.780. The van der Waals surface area contributed by atoms with Crippen LogP contribution >= 0.6 is 11.3 Å². The maximum atomic E-state index is 4.14. The van der Waals surface area contributed by atoms with Crippen molar-refractivity contribution < 1.29 is 0 Å². The lowest BCUT2D eigenvalue weighted by Crippen LogP contribution is -2.17. The highest BCUT2D eigenvalue weighted by Crippen LogP contribution is 2.03. The van der Waals surface area contributed by atoms with Gasteiger partial charge in [-0.15, -0.1) is 10.2 Å². The highest BCUT2D eigenvalue weighted by Gasteiger charge is 2.04. The van der Waals surface area contributed by atoms with Crippen LogP contribution < -0.4 is 5.32 Å². The van der Waals surface area contributed by atoms with Gasteiger partial charge in [0.25, 0.3) is 0 Å². The smallest absolute Gasteiger partial charge is 0.183 e. The molecule has 1 aliphatic heterocycles. The zero-order valence-electron chi connectivity index (χ0n) is 6.14. The number of nitrogens with one attached hydrogen (secondary N) is 1. The van der Waals surface area contributed by atoms with Crippen LogP contribution in [-0.2, 0) is 0 Å². The summed E-state index contributed by atoms with van der Waals surface area (Å²) in [5.74, 6) is 0.738. The molecule has 0 fully saturated rings. The third-order valence-electron chi connectivity index (χ3n) is 1.28. The zero-order valence-corrected chi connectivity index (χ0v) is 6.95. The Labute approximate surface area is 73.4 Å². The molecule has 1 aliphatic rings. The molecule has 12 heavy (non-hydrogen) atoms. The first-order valence-electron chi connectivity index (χ1n) is 3.39. The summed E-state index contributed by atoms with van der Waals surface area (Å²) in [5.41, 5.74) is 1.68. The Balaban J connectivity index is 2.30. The fraction of sp³-hybridized carbons (Fsp3) is 0. The van der Waals surface area contributed by atoms with Crippen molar-refractivity contribution in [1.82, 2.24) is 15.5 Å². The predicted octanol–water partition coefficient (Wildman–Crippen LogP) is 0.915. The van der Waals surface area contributed by atoms with Crippen LogP contribution in [0.3, 0.4) is 0 Å². The van der Waals surface area contributed by atoms with Gasteiger partial charge in [-0.2, -0.15) is 0 Å². The molecule has 0 spiro atoms. The Bertz CT molecular complexity index is 336. The van der Waals surface area contributed by atoms with Gasteiger partial charge in [-0.3, -0.25) is 0 Å². The van der Waals surface area contributed by atoms with Gasteiger partial charge in [-0.25, -0.2) is 4.99 Å². The summed E-state index contributed by atoms with van der Waals surface area (Å²) in [6.07, 6.45) is 7.25. The lowest BCUT2D eigenvalue weighted by molar-refractivity contribution is 1.07. The standard InChI is InChI=1S/C7H6N4S/c1-2-4-9-6(8-3-1)7-11-10-5-12-7/h1-5H,(H,8,9). The van der Waals surface area contributed by atoms with Gasteiger partial charge >= 0.3 is 0 Å². The number of amidine groups is 1. The number of nitrogens with zero attached hydrogens (tertiary/aromatic N) is 3. The summed E-state index contributed by atoms with van der Waals surface area (Å²) in [4.78, 5) is 4.14. The van der Waals surface area contributed by atoms with E-state index in [2.05, 4.69) is 20.5 Å². The van der Waals surface area contributed by atoms with Crippen LogP contribution in [0.25, 0.3) is 0 Å². The van der Waals surface area contributed by atoms with Crippen molar-refractivity contribution in [3.8, 4) is 0 Å². The quantitative estimate of drug-likeness (QED) is 0.695. The van der Waals surface area contributed by atoms with E-state index in [1.807, 2.05) is 18.4 Å². The highest BCUT2D eigenvalue weighted by atomic mass is 32.1. The van der Waals surface area contributed by atoms with Crippen molar-refractivity contribution in [3.63, 3.8) is 0 Å². The lowest BCUT2D eigenvalue weighted by Gasteiger charge is -1.96. The molecule has 0 aliphatic carbocycles. The summed E-state index contributed by atoms with van der Waals surface area (Å²) in [6, 6.07) is 0. The second kappa shape index (κ2) is 3.27. The van der Waals surface area contributed by atoms with E-state index in [0.29, 0.717) is 0 Å². The summed E-state index contributed by atoms with van der Waals surface area (Å²) < 4.78 is 0. The molecule has 0 saturated heterocycles. The molecule has 2 rings (SSSR count). The number of aliphatic imine (C=N–C) groups is 1. The molecule has 4 nitrogen and oxygen atoms in total. The number of hydrogen-bond acceptors (Lipinski definition) is 5. The Kier molecular flexibility index (Phi) is 1.96. The van der Waals surface area contributed by atoms with E-state index in [4.69, 9.17) is 0 Å². The molecule has 2 heterocycles. The van der Waals surface area contributed by atoms with Crippen LogP contribution in [0.15, 0.2) is 35.1 Å². The first-order valence-corrected chi connectivity index (χ1v) is 4.27. The van der Waals surface area contributed by atoms with Gasteiger partial charge in [-0.05, 0) is 12.2 Å². The molecule has 1 aromatic rings. The molecule has 1 aromatic heterocycles. The van der Waals surface area contributed by atoms with Crippen molar-refractivity contribution in [2.24, 2.45) is 4.99 Å². The third kappa shape index (κ3) is 1.40. The largest absolute Gasteiger partial charge is 0.344 e. The van der Waals surface area contributed by atoms with E-state index in [0.717, 1.165) is 10.8 Å². The number of rotatable bonds is 1. The van der Waals surface area contributed by atoms with E-state index >= 15 is 0 Å². The first kappa shape index (κ1) is 7.17. The summed E-state index contributed by atoms with van der Waals surface area (Å²) >= 11 is 1.46. The van der Waals surface area contributed by atoms with Crippen molar-refractivity contribution in [3.05, 3.63) is 35.1 Å². The van der Waals surface area contributed by atoms with Gasteiger partial charge in [0.1, 0.15) is 5.51 Å². The van der Waals surface area contributed by atoms with E-state index in [9.17, 15) is 0 Å². The van der Waals surface area contributed by atoms with Gasteiger partial charge in [0, 0.05) is 12.4 Å². The Morgan fingerprint density at radius 2 is 2.33 bits per heavy atom. The number of aromatic nitrogens is 2. The lowest BCUT2D eigenvalue weighted by atomic mass is 10.6. The minimum absolute atomic E-state index is 0.738. The van der Waals surface area contributed by atoms with Gasteiger partial charge in [0.2, 0.25) is 0 Å². The molecule has 1 N–H and O–H groups in total. The SMILES string of the molecule is C1=CN=C(c2nncs2)NC=C1. The molecule has 0 saturated carbocycles. The molecule has 60 valence electrons. The topological polar surface area (TPSA) is 50.2 Å². The van der Waals surface area contributed by atoms with Crippen molar-refractivity contribution >= 4 is 17.2 Å². The second-order valence-electron chi connectivity index (χ2n) is 2.07. The van der Waals surface area contributed by atoms with Crippen LogP contribution in [-0.4, -0.2) is 16.0 Å². The maximum Gasteiger partial charge on any atom is 0.183 e. The van der Waals surface area contributed by atoms with Crippen LogP contribution in [0, 0.1) is 0 Å². The Hall–Kier alpha value is -1.49. The molecule has 0 atom stereocenters. The van der Waals surface area contributed by atoms with E-state index in [1.54, 1.807) is 11.7 Å². The van der Waals surface area contributed by atoms with E-state index < -0.39 is 0 Å². The number of allylic oxidation sites excluding steroid dienone is 2. The second-order valence-corrected chi connectivity index (χ2v) is 2.90. The van der Waals surface area contributed by atoms with Crippen LogP contribution in [0.1, 0.15) is 5.01 Å². The molecular formula is C7H6N4S. The van der Waals surface area contributed by atoms with E-state index in [-0.39, 0.29) is 0 Å². The average Bonchev–Trinajstić information content (AvgIpc) is 2.48. The average molecular weight is 178 g/mol. The molecule has 5 heteroatoms. The third-order valence-corrected chi connectivity index (χ3v) is 1.98. The van der Waals surface area contributed by atoms with Gasteiger partial charge in [0.15, 0.2) is 10.8 Å².